The number of benzene rings is 2. The minimum absolute atomic E-state index is 0.0558. The van der Waals surface area contributed by atoms with Gasteiger partial charge in [-0.2, -0.15) is 0 Å². The summed E-state index contributed by atoms with van der Waals surface area (Å²) in [5, 5.41) is 0. The van der Waals surface area contributed by atoms with Gasteiger partial charge in [-0.25, -0.2) is 13.1 Å². The van der Waals surface area contributed by atoms with Crippen molar-refractivity contribution in [1.29, 1.82) is 0 Å². The lowest BCUT2D eigenvalue weighted by Crippen LogP contribution is -2.48. The van der Waals surface area contributed by atoms with Gasteiger partial charge in [0.15, 0.2) is 0 Å². The van der Waals surface area contributed by atoms with Crippen LogP contribution >= 0.6 is 0 Å². The Hall–Kier alpha value is -2.78. The van der Waals surface area contributed by atoms with Gasteiger partial charge in [0, 0.05) is 13.5 Å². The van der Waals surface area contributed by atoms with Crippen LogP contribution in [0.25, 0.3) is 0 Å². The summed E-state index contributed by atoms with van der Waals surface area (Å²) in [5.74, 6) is 1.62. The number of fused-ring (bicyclic) bond motifs is 1. The lowest BCUT2D eigenvalue weighted by molar-refractivity contribution is -0.117. The Bertz CT molecular complexity index is 1020. The molecule has 0 bridgehead atoms. The predicted molar refractivity (Wildman–Crippen MR) is 113 cm³/mol. The first-order valence-corrected chi connectivity index (χ1v) is 11.0. The monoisotopic (exact) mass is 434 g/mol. The number of hydrogen-bond acceptors (Lipinski definition) is 6. The number of rotatable bonds is 7. The minimum atomic E-state index is -3.78. The molecule has 2 aromatic rings. The number of nitrogens with one attached hydrogen (secondary N) is 1. The van der Waals surface area contributed by atoms with Crippen LogP contribution in [0.5, 0.6) is 17.2 Å². The number of sulfonamides is 1. The van der Waals surface area contributed by atoms with Gasteiger partial charge in [-0.3, -0.25) is 4.79 Å². The molecule has 0 radical (unpaired) electrons. The lowest BCUT2D eigenvalue weighted by Gasteiger charge is -2.39. The highest BCUT2D eigenvalue weighted by Crippen LogP contribution is 2.38. The van der Waals surface area contributed by atoms with Crippen molar-refractivity contribution in [3.05, 3.63) is 42.5 Å². The Kier molecular flexibility index (Phi) is 6.23. The molecule has 1 aliphatic rings. The van der Waals surface area contributed by atoms with Gasteiger partial charge in [0.05, 0.1) is 24.2 Å². The zero-order chi connectivity index (χ0) is 21.9. The molecule has 0 aliphatic carbocycles. The molecule has 0 saturated heterocycles. The molecule has 9 heteroatoms. The number of anilines is 1. The van der Waals surface area contributed by atoms with Crippen molar-refractivity contribution in [3.63, 3.8) is 0 Å². The summed E-state index contributed by atoms with van der Waals surface area (Å²) < 4.78 is 44.4. The van der Waals surface area contributed by atoms with Gasteiger partial charge in [-0.15, -0.1) is 0 Å². The zero-order valence-electron chi connectivity index (χ0n) is 17.5. The molecule has 8 nitrogen and oxygen atoms in total. The molecule has 0 atom stereocenters. The Balaban J connectivity index is 1.67. The fourth-order valence-corrected chi connectivity index (χ4v) is 4.17. The number of carbonyl (C=O) groups excluding carboxylic acids is 1. The van der Waals surface area contributed by atoms with Gasteiger partial charge in [0.25, 0.3) is 0 Å². The standard InChI is InChI=1S/C21H26N2O6S/c1-15(24)23-14-21(2,3)29-20-10-9-18(13-19(20)23)30(25,26)22-11-12-28-17-7-5-16(27-4)6-8-17/h5-10,13,22H,11-12,14H2,1-4H3. The van der Waals surface area contributed by atoms with Gasteiger partial charge in [-0.05, 0) is 56.3 Å². The van der Waals surface area contributed by atoms with Gasteiger partial charge in [0.2, 0.25) is 15.9 Å². The molecule has 1 N–H and O–H groups in total. The van der Waals surface area contributed by atoms with Crippen molar-refractivity contribution in [2.45, 2.75) is 31.3 Å². The van der Waals surface area contributed by atoms with E-state index in [9.17, 15) is 13.2 Å². The van der Waals surface area contributed by atoms with Crippen molar-refractivity contribution >= 4 is 21.6 Å². The van der Waals surface area contributed by atoms with E-state index in [0.717, 1.165) is 0 Å². The van der Waals surface area contributed by atoms with Crippen LogP contribution in [-0.2, 0) is 14.8 Å². The van der Waals surface area contributed by atoms with E-state index in [1.807, 2.05) is 13.8 Å². The molecule has 30 heavy (non-hydrogen) atoms. The van der Waals surface area contributed by atoms with Crippen LogP contribution in [0.4, 0.5) is 5.69 Å². The molecule has 162 valence electrons. The fourth-order valence-electron chi connectivity index (χ4n) is 3.14. The second-order valence-electron chi connectivity index (χ2n) is 7.52. The van der Waals surface area contributed by atoms with Crippen LogP contribution in [0.2, 0.25) is 0 Å². The maximum atomic E-state index is 12.7. The zero-order valence-corrected chi connectivity index (χ0v) is 18.3. The summed E-state index contributed by atoms with van der Waals surface area (Å²) in [6.45, 7) is 5.78. The summed E-state index contributed by atoms with van der Waals surface area (Å²) in [7, 11) is -2.20. The maximum absolute atomic E-state index is 12.7. The Morgan fingerprint density at radius 2 is 1.83 bits per heavy atom. The Morgan fingerprint density at radius 1 is 1.17 bits per heavy atom. The molecular weight excluding hydrogens is 408 g/mol. The third-order valence-electron chi connectivity index (χ3n) is 4.56. The molecule has 0 aromatic heterocycles. The molecular formula is C21H26N2O6S. The number of amides is 1. The van der Waals surface area contributed by atoms with Crippen LogP contribution in [-0.4, -0.2) is 46.7 Å². The molecule has 1 aliphatic heterocycles. The third kappa shape index (κ3) is 5.03. The van der Waals surface area contributed by atoms with Gasteiger partial charge < -0.3 is 19.1 Å². The molecule has 0 saturated carbocycles. The van der Waals surface area contributed by atoms with Crippen LogP contribution in [0.15, 0.2) is 47.4 Å². The summed E-state index contributed by atoms with van der Waals surface area (Å²) in [4.78, 5) is 13.7. The van der Waals surface area contributed by atoms with E-state index in [1.165, 1.54) is 24.0 Å². The molecule has 1 amide bonds. The molecule has 0 spiro atoms. The van der Waals surface area contributed by atoms with E-state index in [1.54, 1.807) is 37.4 Å². The highest BCUT2D eigenvalue weighted by molar-refractivity contribution is 7.89. The van der Waals surface area contributed by atoms with E-state index in [2.05, 4.69) is 4.72 Å². The van der Waals surface area contributed by atoms with E-state index in [0.29, 0.717) is 29.5 Å². The number of nitrogens with zero attached hydrogens (tertiary/aromatic N) is 1. The number of ether oxygens (including phenoxy) is 3. The number of carbonyl (C=O) groups is 1. The first kappa shape index (κ1) is 21.9. The van der Waals surface area contributed by atoms with Crippen LogP contribution in [0, 0.1) is 0 Å². The summed E-state index contributed by atoms with van der Waals surface area (Å²) in [6, 6.07) is 11.5. The van der Waals surface area contributed by atoms with Crippen LogP contribution < -0.4 is 23.8 Å². The van der Waals surface area contributed by atoms with Crippen LogP contribution in [0.3, 0.4) is 0 Å². The van der Waals surface area contributed by atoms with Gasteiger partial charge in [-0.1, -0.05) is 0 Å². The second kappa shape index (κ2) is 8.53. The SMILES string of the molecule is COc1ccc(OCCNS(=O)(=O)c2ccc3c(c2)N(C(C)=O)CC(C)(C)O3)cc1. The first-order valence-electron chi connectivity index (χ1n) is 9.49. The largest absolute Gasteiger partial charge is 0.497 e. The van der Waals surface area contributed by atoms with Gasteiger partial charge >= 0.3 is 0 Å². The third-order valence-corrected chi connectivity index (χ3v) is 6.02. The molecule has 0 unspecified atom stereocenters. The van der Waals surface area contributed by atoms with E-state index in [4.69, 9.17) is 14.2 Å². The van der Waals surface area contributed by atoms with Crippen molar-refractivity contribution in [1.82, 2.24) is 4.72 Å². The molecule has 2 aromatic carbocycles. The van der Waals surface area contributed by atoms with E-state index in [-0.39, 0.29) is 24.0 Å². The van der Waals surface area contributed by atoms with Crippen molar-refractivity contribution in [3.8, 4) is 17.2 Å². The Labute approximate surface area is 176 Å². The van der Waals surface area contributed by atoms with E-state index >= 15 is 0 Å². The summed E-state index contributed by atoms with van der Waals surface area (Å²) in [5.41, 5.74) is -0.116. The van der Waals surface area contributed by atoms with Crippen molar-refractivity contribution in [2.75, 3.05) is 31.7 Å². The first-order chi connectivity index (χ1) is 14.1. The highest BCUT2D eigenvalue weighted by Gasteiger charge is 2.34. The predicted octanol–water partition coefficient (Wildman–Crippen LogP) is 2.58. The molecule has 3 rings (SSSR count). The molecule has 0 fully saturated rings. The summed E-state index contributed by atoms with van der Waals surface area (Å²) >= 11 is 0. The molecule has 1 heterocycles. The summed E-state index contributed by atoms with van der Waals surface area (Å²) in [6.07, 6.45) is 0. The normalized spacial score (nSPS) is 15.1. The number of methoxy groups -OCH3 is 1. The topological polar surface area (TPSA) is 94.2 Å². The maximum Gasteiger partial charge on any atom is 0.240 e. The highest BCUT2D eigenvalue weighted by atomic mass is 32.2. The fraction of sp³-hybridized carbons (Fsp3) is 0.381. The second-order valence-corrected chi connectivity index (χ2v) is 9.29. The lowest BCUT2D eigenvalue weighted by atomic mass is 10.1. The minimum Gasteiger partial charge on any atom is -0.497 e. The van der Waals surface area contributed by atoms with Gasteiger partial charge in [0.1, 0.15) is 29.5 Å². The van der Waals surface area contributed by atoms with Crippen molar-refractivity contribution < 1.29 is 27.4 Å². The van der Waals surface area contributed by atoms with Crippen LogP contribution in [0.1, 0.15) is 20.8 Å². The van der Waals surface area contributed by atoms with E-state index < -0.39 is 15.6 Å². The quantitative estimate of drug-likeness (QED) is 0.673. The van der Waals surface area contributed by atoms with Crippen molar-refractivity contribution in [2.24, 2.45) is 0 Å². The average Bonchev–Trinajstić information content (AvgIpc) is 2.70. The smallest absolute Gasteiger partial charge is 0.240 e. The average molecular weight is 435 g/mol. The Morgan fingerprint density at radius 3 is 2.47 bits per heavy atom. The number of hydrogen-bond donors (Lipinski definition) is 1.